The van der Waals surface area contributed by atoms with Crippen LogP contribution in [0.1, 0.15) is 12.5 Å². The Labute approximate surface area is 123 Å². The van der Waals surface area contributed by atoms with Crippen LogP contribution in [-0.4, -0.2) is 55.6 Å². The molecule has 0 aliphatic rings. The van der Waals surface area contributed by atoms with E-state index in [2.05, 4.69) is 4.98 Å². The molecule has 0 bridgehead atoms. The van der Waals surface area contributed by atoms with Crippen LogP contribution >= 0.6 is 0 Å². The number of esters is 1. The van der Waals surface area contributed by atoms with Gasteiger partial charge in [-0.2, -0.15) is 5.26 Å². The van der Waals surface area contributed by atoms with Gasteiger partial charge in [-0.05, 0) is 26.1 Å². The Hall–Kier alpha value is -2.46. The Bertz CT molecular complexity index is 527. The van der Waals surface area contributed by atoms with Crippen LogP contribution in [0, 0.1) is 11.3 Å². The number of nitrogens with zero attached hydrogens (tertiary/aromatic N) is 4. The summed E-state index contributed by atoms with van der Waals surface area (Å²) in [6.07, 6.45) is 2.13. The van der Waals surface area contributed by atoms with Crippen molar-refractivity contribution in [3.8, 4) is 6.07 Å². The van der Waals surface area contributed by atoms with Crippen LogP contribution in [0.5, 0.6) is 0 Å². The van der Waals surface area contributed by atoms with Gasteiger partial charge in [0.25, 0.3) is 0 Å². The van der Waals surface area contributed by atoms with E-state index in [1.807, 2.05) is 6.07 Å². The lowest BCUT2D eigenvalue weighted by Crippen LogP contribution is -2.36. The summed E-state index contributed by atoms with van der Waals surface area (Å²) in [4.78, 5) is 29.7. The van der Waals surface area contributed by atoms with Crippen molar-refractivity contribution >= 4 is 18.2 Å². The SMILES string of the molecule is CCOC(=O)CN(C)CCN(C=O)c1cc(C#N)ccn1. The first-order valence-electron chi connectivity index (χ1n) is 6.53. The Morgan fingerprint density at radius 1 is 1.52 bits per heavy atom. The topological polar surface area (TPSA) is 86.5 Å². The predicted octanol–water partition coefficient (Wildman–Crippen LogP) is 0.411. The molecule has 0 aliphatic carbocycles. The van der Waals surface area contributed by atoms with Gasteiger partial charge in [0, 0.05) is 19.3 Å². The quantitative estimate of drug-likeness (QED) is 0.509. The molecule has 1 aromatic rings. The van der Waals surface area contributed by atoms with Crippen molar-refractivity contribution in [1.29, 1.82) is 5.26 Å². The molecule has 0 fully saturated rings. The normalized spacial score (nSPS) is 10.0. The molecule has 21 heavy (non-hydrogen) atoms. The highest BCUT2D eigenvalue weighted by atomic mass is 16.5. The fraction of sp³-hybridized carbons (Fsp3) is 0.429. The number of ether oxygens (including phenoxy) is 1. The molecule has 1 rings (SSSR count). The molecule has 0 N–H and O–H groups in total. The molecule has 112 valence electrons. The van der Waals surface area contributed by atoms with Gasteiger partial charge in [0.15, 0.2) is 0 Å². The summed E-state index contributed by atoms with van der Waals surface area (Å²) in [5.74, 6) is 0.107. The average Bonchev–Trinajstić information content (AvgIpc) is 2.48. The second-order valence-corrected chi connectivity index (χ2v) is 4.36. The van der Waals surface area contributed by atoms with E-state index in [0.717, 1.165) is 0 Å². The van der Waals surface area contributed by atoms with Gasteiger partial charge in [-0.3, -0.25) is 19.4 Å². The average molecular weight is 290 g/mol. The van der Waals surface area contributed by atoms with Gasteiger partial charge in [0.1, 0.15) is 5.82 Å². The number of hydrogen-bond acceptors (Lipinski definition) is 6. The molecular formula is C14H18N4O3. The highest BCUT2D eigenvalue weighted by molar-refractivity contribution is 5.73. The van der Waals surface area contributed by atoms with Crippen LogP contribution in [0.25, 0.3) is 0 Å². The number of hydrogen-bond donors (Lipinski definition) is 0. The van der Waals surface area contributed by atoms with Crippen LogP contribution in [0.2, 0.25) is 0 Å². The summed E-state index contributed by atoms with van der Waals surface area (Å²) in [6, 6.07) is 5.11. The van der Waals surface area contributed by atoms with Crippen LogP contribution in [-0.2, 0) is 14.3 Å². The Kier molecular flexibility index (Phi) is 6.84. The van der Waals surface area contributed by atoms with Gasteiger partial charge in [-0.1, -0.05) is 0 Å². The first kappa shape index (κ1) is 16.6. The Morgan fingerprint density at radius 3 is 2.90 bits per heavy atom. The smallest absolute Gasteiger partial charge is 0.320 e. The van der Waals surface area contributed by atoms with E-state index in [1.165, 1.54) is 11.1 Å². The number of nitriles is 1. The first-order chi connectivity index (χ1) is 10.1. The van der Waals surface area contributed by atoms with Gasteiger partial charge in [-0.15, -0.1) is 0 Å². The van der Waals surface area contributed by atoms with Crippen LogP contribution in [0.4, 0.5) is 5.82 Å². The highest BCUT2D eigenvalue weighted by Gasteiger charge is 2.11. The monoisotopic (exact) mass is 290 g/mol. The summed E-state index contributed by atoms with van der Waals surface area (Å²) in [5.41, 5.74) is 0.437. The zero-order chi connectivity index (χ0) is 15.7. The molecule has 7 nitrogen and oxygen atoms in total. The summed E-state index contributed by atoms with van der Waals surface area (Å²) < 4.78 is 4.85. The molecule has 0 atom stereocenters. The molecule has 0 radical (unpaired) electrons. The maximum Gasteiger partial charge on any atom is 0.320 e. The third kappa shape index (κ3) is 5.58. The number of likely N-dealkylation sites (N-methyl/N-ethyl adjacent to an activating group) is 1. The summed E-state index contributed by atoms with van der Waals surface area (Å²) in [7, 11) is 1.76. The van der Waals surface area contributed by atoms with Crippen molar-refractivity contribution in [2.45, 2.75) is 6.92 Å². The molecule has 0 spiro atoms. The summed E-state index contributed by atoms with van der Waals surface area (Å²) in [6.45, 7) is 3.10. The van der Waals surface area contributed by atoms with Crippen molar-refractivity contribution in [3.63, 3.8) is 0 Å². The largest absolute Gasteiger partial charge is 0.465 e. The molecule has 1 heterocycles. The fourth-order valence-corrected chi connectivity index (χ4v) is 1.65. The van der Waals surface area contributed by atoms with E-state index in [4.69, 9.17) is 10.00 Å². The van der Waals surface area contributed by atoms with E-state index >= 15 is 0 Å². The van der Waals surface area contributed by atoms with Gasteiger partial charge >= 0.3 is 5.97 Å². The van der Waals surface area contributed by atoms with E-state index in [0.29, 0.717) is 37.5 Å². The van der Waals surface area contributed by atoms with Crippen molar-refractivity contribution in [2.24, 2.45) is 0 Å². The highest BCUT2D eigenvalue weighted by Crippen LogP contribution is 2.10. The van der Waals surface area contributed by atoms with Crippen molar-refractivity contribution in [3.05, 3.63) is 23.9 Å². The fourth-order valence-electron chi connectivity index (χ4n) is 1.65. The van der Waals surface area contributed by atoms with Crippen molar-refractivity contribution in [2.75, 3.05) is 38.2 Å². The standard InChI is InChI=1S/C14H18N4O3/c1-3-21-14(20)10-17(2)6-7-18(11-19)13-8-12(9-15)4-5-16-13/h4-5,8,11H,3,6-7,10H2,1-2H3. The minimum Gasteiger partial charge on any atom is -0.465 e. The molecule has 0 aromatic carbocycles. The number of amides is 1. The number of rotatable bonds is 8. The van der Waals surface area contributed by atoms with E-state index in [1.54, 1.807) is 31.0 Å². The Balaban J connectivity index is 2.56. The Morgan fingerprint density at radius 2 is 2.29 bits per heavy atom. The van der Waals surface area contributed by atoms with E-state index in [-0.39, 0.29) is 12.5 Å². The van der Waals surface area contributed by atoms with Gasteiger partial charge < -0.3 is 4.74 Å². The molecule has 0 saturated carbocycles. The van der Waals surface area contributed by atoms with E-state index in [9.17, 15) is 9.59 Å². The molecule has 1 aromatic heterocycles. The minimum absolute atomic E-state index is 0.159. The maximum absolute atomic E-state index is 11.3. The van der Waals surface area contributed by atoms with Gasteiger partial charge in [0.2, 0.25) is 6.41 Å². The van der Waals surface area contributed by atoms with Crippen LogP contribution < -0.4 is 4.90 Å². The first-order valence-corrected chi connectivity index (χ1v) is 6.53. The molecule has 0 unspecified atom stereocenters. The molecule has 0 saturated heterocycles. The predicted molar refractivity (Wildman–Crippen MR) is 76.5 cm³/mol. The molecule has 0 aliphatic heterocycles. The molecule has 1 amide bonds. The lowest BCUT2D eigenvalue weighted by atomic mass is 10.3. The number of aromatic nitrogens is 1. The summed E-state index contributed by atoms with van der Waals surface area (Å²) in [5, 5.41) is 8.84. The lowest BCUT2D eigenvalue weighted by molar-refractivity contribution is -0.144. The zero-order valence-corrected chi connectivity index (χ0v) is 12.2. The van der Waals surface area contributed by atoms with Crippen molar-refractivity contribution in [1.82, 2.24) is 9.88 Å². The number of carbonyl (C=O) groups excluding carboxylic acids is 2. The number of anilines is 1. The minimum atomic E-state index is -0.303. The van der Waals surface area contributed by atoms with Crippen LogP contribution in [0.15, 0.2) is 18.3 Å². The second kappa shape index (κ2) is 8.66. The third-order valence-corrected chi connectivity index (χ3v) is 2.72. The van der Waals surface area contributed by atoms with E-state index < -0.39 is 0 Å². The number of carbonyl (C=O) groups is 2. The van der Waals surface area contributed by atoms with Gasteiger partial charge in [-0.25, -0.2) is 4.98 Å². The zero-order valence-electron chi connectivity index (χ0n) is 12.2. The molecular weight excluding hydrogens is 272 g/mol. The van der Waals surface area contributed by atoms with Gasteiger partial charge in [0.05, 0.1) is 24.8 Å². The third-order valence-electron chi connectivity index (χ3n) is 2.72. The lowest BCUT2D eigenvalue weighted by Gasteiger charge is -2.21. The summed E-state index contributed by atoms with van der Waals surface area (Å²) >= 11 is 0. The molecule has 7 heteroatoms. The van der Waals surface area contributed by atoms with Crippen LogP contribution in [0.3, 0.4) is 0 Å². The maximum atomic E-state index is 11.3. The number of pyridine rings is 1. The second-order valence-electron chi connectivity index (χ2n) is 4.36. The van der Waals surface area contributed by atoms with Crippen molar-refractivity contribution < 1.29 is 14.3 Å².